The van der Waals surface area contributed by atoms with Gasteiger partial charge in [-0.2, -0.15) is 0 Å². The van der Waals surface area contributed by atoms with Gasteiger partial charge in [0.15, 0.2) is 0 Å². The van der Waals surface area contributed by atoms with E-state index in [1.54, 1.807) is 6.07 Å². The van der Waals surface area contributed by atoms with Gasteiger partial charge in [-0.1, -0.05) is 12.1 Å². The number of carbonyl (C=O) groups excluding carboxylic acids is 2. The van der Waals surface area contributed by atoms with Crippen molar-refractivity contribution in [1.29, 1.82) is 0 Å². The molecule has 0 aromatic heterocycles. The first kappa shape index (κ1) is 13.5. The lowest BCUT2D eigenvalue weighted by atomic mass is 10.00. The number of nitrogens with one attached hydrogen (secondary N) is 2. The van der Waals surface area contributed by atoms with Gasteiger partial charge in [-0.3, -0.25) is 20.4 Å². The van der Waals surface area contributed by atoms with E-state index < -0.39 is 11.7 Å². The minimum absolute atomic E-state index is 0.102. The molecule has 102 valence electrons. The second-order valence-corrected chi connectivity index (χ2v) is 4.31. The van der Waals surface area contributed by atoms with E-state index in [9.17, 15) is 14.0 Å². The molecular weight excluding hydrogens is 251 g/mol. The lowest BCUT2D eigenvalue weighted by molar-refractivity contribution is -0.128. The predicted octanol–water partition coefficient (Wildman–Crippen LogP) is 1.01. The van der Waals surface area contributed by atoms with Gasteiger partial charge in [-0.15, -0.1) is 0 Å². The van der Waals surface area contributed by atoms with Crippen LogP contribution in [0.15, 0.2) is 24.3 Å². The normalized spacial score (nSPS) is 15.8. The van der Waals surface area contributed by atoms with Gasteiger partial charge in [-0.05, 0) is 25.0 Å². The van der Waals surface area contributed by atoms with E-state index in [2.05, 4.69) is 10.9 Å². The Balaban J connectivity index is 1.86. The molecule has 0 saturated carbocycles. The van der Waals surface area contributed by atoms with Gasteiger partial charge in [0.1, 0.15) is 5.82 Å². The van der Waals surface area contributed by atoms with Crippen LogP contribution in [-0.4, -0.2) is 25.0 Å². The van der Waals surface area contributed by atoms with Gasteiger partial charge >= 0.3 is 0 Å². The number of rotatable bonds is 2. The molecule has 0 spiro atoms. The van der Waals surface area contributed by atoms with Gasteiger partial charge in [0.25, 0.3) is 5.91 Å². The summed E-state index contributed by atoms with van der Waals surface area (Å²) in [6.45, 7) is 1.08. The van der Waals surface area contributed by atoms with Crippen molar-refractivity contribution in [1.82, 2.24) is 10.9 Å². The van der Waals surface area contributed by atoms with E-state index in [4.69, 9.17) is 4.74 Å². The monoisotopic (exact) mass is 266 g/mol. The summed E-state index contributed by atoms with van der Waals surface area (Å²) in [6, 6.07) is 5.59. The van der Waals surface area contributed by atoms with Crippen LogP contribution in [0.4, 0.5) is 4.39 Å². The molecule has 1 aromatic rings. The third-order valence-electron chi connectivity index (χ3n) is 3.01. The lowest BCUT2D eigenvalue weighted by Crippen LogP contribution is -2.45. The van der Waals surface area contributed by atoms with Crippen molar-refractivity contribution < 1.29 is 18.7 Å². The lowest BCUT2D eigenvalue weighted by Gasteiger charge is -2.21. The van der Waals surface area contributed by atoms with Crippen LogP contribution in [0.1, 0.15) is 23.2 Å². The highest BCUT2D eigenvalue weighted by Crippen LogP contribution is 2.14. The van der Waals surface area contributed by atoms with Crippen LogP contribution in [0.5, 0.6) is 0 Å². The fraction of sp³-hybridized carbons (Fsp3) is 0.385. The Morgan fingerprint density at radius 3 is 2.53 bits per heavy atom. The van der Waals surface area contributed by atoms with Crippen molar-refractivity contribution in [3.05, 3.63) is 35.6 Å². The quantitative estimate of drug-likeness (QED) is 0.785. The summed E-state index contributed by atoms with van der Waals surface area (Å²) in [5, 5.41) is 0. The van der Waals surface area contributed by atoms with Crippen LogP contribution < -0.4 is 10.9 Å². The summed E-state index contributed by atoms with van der Waals surface area (Å²) in [5.41, 5.74) is 4.43. The summed E-state index contributed by atoms with van der Waals surface area (Å²) < 4.78 is 18.5. The van der Waals surface area contributed by atoms with Crippen molar-refractivity contribution in [3.8, 4) is 0 Å². The molecule has 1 saturated heterocycles. The van der Waals surface area contributed by atoms with Crippen molar-refractivity contribution in [2.75, 3.05) is 13.2 Å². The number of carbonyl (C=O) groups is 2. The average molecular weight is 266 g/mol. The third-order valence-corrected chi connectivity index (χ3v) is 3.01. The average Bonchev–Trinajstić information content (AvgIpc) is 2.46. The zero-order valence-electron chi connectivity index (χ0n) is 10.3. The van der Waals surface area contributed by atoms with Gasteiger partial charge in [-0.25, -0.2) is 4.39 Å². The molecule has 0 bridgehead atoms. The van der Waals surface area contributed by atoms with E-state index >= 15 is 0 Å². The predicted molar refractivity (Wildman–Crippen MR) is 65.6 cm³/mol. The van der Waals surface area contributed by atoms with Crippen LogP contribution in [-0.2, 0) is 9.53 Å². The van der Waals surface area contributed by atoms with Gasteiger partial charge < -0.3 is 4.74 Å². The highest BCUT2D eigenvalue weighted by molar-refractivity contribution is 5.95. The van der Waals surface area contributed by atoms with E-state index in [0.717, 1.165) is 0 Å². The first-order chi connectivity index (χ1) is 9.18. The standard InChI is InChI=1S/C13H15FN2O3/c14-11-4-2-1-3-10(11)13(18)16-15-12(17)9-5-7-19-8-6-9/h1-4,9H,5-8H2,(H,15,17)(H,16,18). The molecule has 1 aromatic carbocycles. The summed E-state index contributed by atoms with van der Waals surface area (Å²) in [6.07, 6.45) is 1.25. The van der Waals surface area contributed by atoms with Gasteiger partial charge in [0.2, 0.25) is 5.91 Å². The zero-order valence-corrected chi connectivity index (χ0v) is 10.3. The molecule has 2 rings (SSSR count). The van der Waals surface area contributed by atoms with Crippen molar-refractivity contribution >= 4 is 11.8 Å². The molecule has 1 aliphatic rings. The number of hydrogen-bond acceptors (Lipinski definition) is 3. The van der Waals surface area contributed by atoms with Crippen molar-refractivity contribution in [2.45, 2.75) is 12.8 Å². The minimum Gasteiger partial charge on any atom is -0.381 e. The van der Waals surface area contributed by atoms with E-state index in [1.165, 1.54) is 18.2 Å². The van der Waals surface area contributed by atoms with Crippen LogP contribution >= 0.6 is 0 Å². The van der Waals surface area contributed by atoms with Crippen LogP contribution in [0.3, 0.4) is 0 Å². The Kier molecular flexibility index (Phi) is 4.46. The molecule has 0 radical (unpaired) electrons. The molecule has 0 atom stereocenters. The summed E-state index contributed by atoms with van der Waals surface area (Å²) in [4.78, 5) is 23.4. The van der Waals surface area contributed by atoms with Gasteiger partial charge in [0, 0.05) is 19.1 Å². The second kappa shape index (κ2) is 6.29. The third kappa shape index (κ3) is 3.51. The molecule has 6 heteroatoms. The molecule has 1 heterocycles. The van der Waals surface area contributed by atoms with E-state index in [0.29, 0.717) is 26.1 Å². The Morgan fingerprint density at radius 2 is 1.84 bits per heavy atom. The van der Waals surface area contributed by atoms with Crippen LogP contribution in [0.2, 0.25) is 0 Å². The Hall–Kier alpha value is -1.95. The maximum atomic E-state index is 13.3. The maximum Gasteiger partial charge on any atom is 0.272 e. The minimum atomic E-state index is -0.668. The van der Waals surface area contributed by atoms with Crippen LogP contribution in [0, 0.1) is 11.7 Å². The highest BCUT2D eigenvalue weighted by atomic mass is 19.1. The molecule has 1 aliphatic heterocycles. The fourth-order valence-electron chi connectivity index (χ4n) is 1.89. The number of benzene rings is 1. The fourth-order valence-corrected chi connectivity index (χ4v) is 1.89. The molecule has 19 heavy (non-hydrogen) atoms. The number of halogens is 1. The largest absolute Gasteiger partial charge is 0.381 e. The Morgan fingerprint density at radius 1 is 1.16 bits per heavy atom. The Labute approximate surface area is 110 Å². The topological polar surface area (TPSA) is 67.4 Å². The van der Waals surface area contributed by atoms with Crippen molar-refractivity contribution in [3.63, 3.8) is 0 Å². The molecule has 1 fully saturated rings. The van der Waals surface area contributed by atoms with Gasteiger partial charge in [0.05, 0.1) is 5.56 Å². The SMILES string of the molecule is O=C(NNC(=O)C1CCOCC1)c1ccccc1F. The summed E-state index contributed by atoms with van der Waals surface area (Å²) >= 11 is 0. The molecule has 5 nitrogen and oxygen atoms in total. The Bertz CT molecular complexity index is 473. The molecule has 0 unspecified atom stereocenters. The molecule has 0 aliphatic carbocycles. The first-order valence-electron chi connectivity index (χ1n) is 6.11. The van der Waals surface area contributed by atoms with E-state index in [-0.39, 0.29) is 17.4 Å². The maximum absolute atomic E-state index is 13.3. The zero-order chi connectivity index (χ0) is 13.7. The van der Waals surface area contributed by atoms with E-state index in [1.807, 2.05) is 0 Å². The van der Waals surface area contributed by atoms with Crippen LogP contribution in [0.25, 0.3) is 0 Å². The number of hydrazine groups is 1. The smallest absolute Gasteiger partial charge is 0.272 e. The second-order valence-electron chi connectivity index (χ2n) is 4.31. The summed E-state index contributed by atoms with van der Waals surface area (Å²) in [5.74, 6) is -1.73. The number of amides is 2. The van der Waals surface area contributed by atoms with Crippen molar-refractivity contribution in [2.24, 2.45) is 5.92 Å². The number of ether oxygens (including phenoxy) is 1. The summed E-state index contributed by atoms with van der Waals surface area (Å²) in [7, 11) is 0. The molecule has 2 N–H and O–H groups in total. The highest BCUT2D eigenvalue weighted by Gasteiger charge is 2.22. The first-order valence-corrected chi connectivity index (χ1v) is 6.11. The molecule has 2 amide bonds. The molecular formula is C13H15FN2O3. The number of hydrogen-bond donors (Lipinski definition) is 2.